The molecule has 0 radical (unpaired) electrons. The number of aryl methyl sites for hydroxylation is 1. The number of fused-ring (bicyclic) bond motifs is 1. The van der Waals surface area contributed by atoms with Gasteiger partial charge in [0, 0.05) is 30.8 Å². The standard InChI is InChI=1S/C18H21N3O3/c1-12-10-14(13-4-2-3-5-15(13)21-12)16(22)20-11-18(17(19)23)6-8-24-9-7-18/h2-5,10H,6-9,11H2,1H3,(H2,19,23)(H,20,22). The third-order valence-electron chi connectivity index (χ3n) is 4.65. The molecule has 126 valence electrons. The van der Waals surface area contributed by atoms with E-state index in [0.29, 0.717) is 31.6 Å². The number of rotatable bonds is 4. The maximum absolute atomic E-state index is 12.7. The van der Waals surface area contributed by atoms with E-state index >= 15 is 0 Å². The highest BCUT2D eigenvalue weighted by Crippen LogP contribution is 2.29. The summed E-state index contributed by atoms with van der Waals surface area (Å²) in [5.74, 6) is -0.606. The van der Waals surface area contributed by atoms with Crippen molar-refractivity contribution < 1.29 is 14.3 Å². The van der Waals surface area contributed by atoms with E-state index < -0.39 is 5.41 Å². The van der Waals surface area contributed by atoms with Gasteiger partial charge in [0.2, 0.25) is 5.91 Å². The van der Waals surface area contributed by atoms with Gasteiger partial charge < -0.3 is 15.8 Å². The summed E-state index contributed by atoms with van der Waals surface area (Å²) in [4.78, 5) is 29.0. The van der Waals surface area contributed by atoms with Gasteiger partial charge in [-0.1, -0.05) is 18.2 Å². The molecule has 2 aromatic rings. The summed E-state index contributed by atoms with van der Waals surface area (Å²) in [5, 5.41) is 3.68. The van der Waals surface area contributed by atoms with Crippen LogP contribution in [0.25, 0.3) is 10.9 Å². The molecule has 1 aliphatic rings. The highest BCUT2D eigenvalue weighted by molar-refractivity contribution is 6.06. The second kappa shape index (κ2) is 6.57. The average molecular weight is 327 g/mol. The minimum atomic E-state index is -0.730. The normalized spacial score (nSPS) is 16.7. The first-order chi connectivity index (χ1) is 11.5. The summed E-state index contributed by atoms with van der Waals surface area (Å²) in [7, 11) is 0. The molecule has 6 heteroatoms. The lowest BCUT2D eigenvalue weighted by Gasteiger charge is -2.34. The molecular formula is C18H21N3O3. The number of nitrogens with one attached hydrogen (secondary N) is 1. The Balaban J connectivity index is 1.84. The number of nitrogens with two attached hydrogens (primary N) is 1. The molecule has 2 amide bonds. The number of para-hydroxylation sites is 1. The number of nitrogens with zero attached hydrogens (tertiary/aromatic N) is 1. The Bertz CT molecular complexity index is 782. The zero-order valence-corrected chi connectivity index (χ0v) is 13.7. The van der Waals surface area contributed by atoms with Gasteiger partial charge >= 0.3 is 0 Å². The van der Waals surface area contributed by atoms with Crippen LogP contribution in [-0.4, -0.2) is 36.6 Å². The lowest BCUT2D eigenvalue weighted by atomic mass is 9.79. The van der Waals surface area contributed by atoms with Crippen molar-refractivity contribution in [1.29, 1.82) is 0 Å². The van der Waals surface area contributed by atoms with Crippen LogP contribution in [0.4, 0.5) is 0 Å². The molecule has 1 fully saturated rings. The second-order valence-corrected chi connectivity index (χ2v) is 6.27. The monoisotopic (exact) mass is 327 g/mol. The molecule has 1 saturated heterocycles. The van der Waals surface area contributed by atoms with E-state index in [1.54, 1.807) is 6.07 Å². The predicted octanol–water partition coefficient (Wildman–Crippen LogP) is 1.56. The average Bonchev–Trinajstić information content (AvgIpc) is 2.59. The molecule has 1 aliphatic heterocycles. The first kappa shape index (κ1) is 16.4. The van der Waals surface area contributed by atoms with Crippen molar-refractivity contribution in [3.63, 3.8) is 0 Å². The van der Waals surface area contributed by atoms with Crippen LogP contribution in [0.5, 0.6) is 0 Å². The first-order valence-electron chi connectivity index (χ1n) is 8.04. The summed E-state index contributed by atoms with van der Waals surface area (Å²) in [6.07, 6.45) is 1.05. The minimum absolute atomic E-state index is 0.219. The molecule has 0 saturated carbocycles. The number of ether oxygens (including phenoxy) is 1. The van der Waals surface area contributed by atoms with Crippen LogP contribution in [0.1, 0.15) is 28.9 Å². The minimum Gasteiger partial charge on any atom is -0.381 e. The van der Waals surface area contributed by atoms with Gasteiger partial charge in [-0.2, -0.15) is 0 Å². The lowest BCUT2D eigenvalue weighted by Crippen LogP contribution is -2.49. The maximum Gasteiger partial charge on any atom is 0.252 e. The smallest absolute Gasteiger partial charge is 0.252 e. The number of carbonyl (C=O) groups excluding carboxylic acids is 2. The van der Waals surface area contributed by atoms with Crippen LogP contribution in [0.2, 0.25) is 0 Å². The Kier molecular flexibility index (Phi) is 4.49. The topological polar surface area (TPSA) is 94.3 Å². The Labute approximate surface area is 140 Å². The first-order valence-corrected chi connectivity index (χ1v) is 8.04. The van der Waals surface area contributed by atoms with Crippen LogP contribution >= 0.6 is 0 Å². The zero-order valence-electron chi connectivity index (χ0n) is 13.7. The molecule has 0 bridgehead atoms. The van der Waals surface area contributed by atoms with Gasteiger partial charge in [0.05, 0.1) is 16.5 Å². The molecule has 0 spiro atoms. The van der Waals surface area contributed by atoms with Crippen molar-refractivity contribution in [3.05, 3.63) is 41.6 Å². The number of aromatic nitrogens is 1. The van der Waals surface area contributed by atoms with E-state index in [0.717, 1.165) is 16.6 Å². The number of carbonyl (C=O) groups is 2. The predicted molar refractivity (Wildman–Crippen MR) is 90.5 cm³/mol. The molecule has 1 aromatic heterocycles. The summed E-state index contributed by atoms with van der Waals surface area (Å²) >= 11 is 0. The quantitative estimate of drug-likeness (QED) is 0.891. The molecule has 3 N–H and O–H groups in total. The van der Waals surface area contributed by atoms with Crippen LogP contribution in [0.15, 0.2) is 30.3 Å². The maximum atomic E-state index is 12.7. The molecular weight excluding hydrogens is 306 g/mol. The largest absolute Gasteiger partial charge is 0.381 e. The molecule has 1 aromatic carbocycles. The molecule has 6 nitrogen and oxygen atoms in total. The zero-order chi connectivity index (χ0) is 17.2. The molecule has 24 heavy (non-hydrogen) atoms. The SMILES string of the molecule is Cc1cc(C(=O)NCC2(C(N)=O)CCOCC2)c2ccccc2n1. The van der Waals surface area contributed by atoms with Gasteiger partial charge in [-0.15, -0.1) is 0 Å². The van der Waals surface area contributed by atoms with Crippen molar-refractivity contribution in [2.45, 2.75) is 19.8 Å². The van der Waals surface area contributed by atoms with Gasteiger partial charge in [0.15, 0.2) is 0 Å². The van der Waals surface area contributed by atoms with Gasteiger partial charge in [-0.3, -0.25) is 14.6 Å². The van der Waals surface area contributed by atoms with E-state index in [-0.39, 0.29) is 18.4 Å². The Morgan fingerprint density at radius 3 is 2.71 bits per heavy atom. The van der Waals surface area contributed by atoms with E-state index in [1.807, 2.05) is 31.2 Å². The van der Waals surface area contributed by atoms with E-state index in [2.05, 4.69) is 10.3 Å². The van der Waals surface area contributed by atoms with Crippen LogP contribution in [0.3, 0.4) is 0 Å². The molecule has 2 heterocycles. The van der Waals surface area contributed by atoms with Gasteiger partial charge in [0.1, 0.15) is 0 Å². The van der Waals surface area contributed by atoms with Crippen molar-refractivity contribution in [3.8, 4) is 0 Å². The second-order valence-electron chi connectivity index (χ2n) is 6.27. The molecule has 3 rings (SSSR count). The van der Waals surface area contributed by atoms with E-state index in [4.69, 9.17) is 10.5 Å². The van der Waals surface area contributed by atoms with Gasteiger partial charge in [-0.05, 0) is 31.9 Å². The number of primary amides is 1. The van der Waals surface area contributed by atoms with Crippen LogP contribution < -0.4 is 11.1 Å². The lowest BCUT2D eigenvalue weighted by molar-refractivity contribution is -0.132. The third kappa shape index (κ3) is 3.10. The molecule has 0 aliphatic carbocycles. The number of hydrogen-bond acceptors (Lipinski definition) is 4. The van der Waals surface area contributed by atoms with Gasteiger partial charge in [0.25, 0.3) is 5.91 Å². The number of pyridine rings is 1. The van der Waals surface area contributed by atoms with Gasteiger partial charge in [-0.25, -0.2) is 0 Å². The summed E-state index contributed by atoms with van der Waals surface area (Å²) in [5.41, 5.74) is 6.96. The van der Waals surface area contributed by atoms with Crippen molar-refractivity contribution in [2.75, 3.05) is 19.8 Å². The molecule has 0 unspecified atom stereocenters. The summed E-state index contributed by atoms with van der Waals surface area (Å²) in [6.45, 7) is 3.04. The fourth-order valence-electron chi connectivity index (χ4n) is 3.11. The summed E-state index contributed by atoms with van der Waals surface area (Å²) < 4.78 is 5.31. The van der Waals surface area contributed by atoms with E-state index in [9.17, 15) is 9.59 Å². The Morgan fingerprint density at radius 1 is 1.29 bits per heavy atom. The van der Waals surface area contributed by atoms with Crippen molar-refractivity contribution >= 4 is 22.7 Å². The van der Waals surface area contributed by atoms with Crippen molar-refractivity contribution in [1.82, 2.24) is 10.3 Å². The highest BCUT2D eigenvalue weighted by atomic mass is 16.5. The van der Waals surface area contributed by atoms with Crippen LogP contribution in [-0.2, 0) is 9.53 Å². The van der Waals surface area contributed by atoms with Crippen LogP contribution in [0, 0.1) is 12.3 Å². The number of hydrogen-bond donors (Lipinski definition) is 2. The Morgan fingerprint density at radius 2 is 2.00 bits per heavy atom. The highest BCUT2D eigenvalue weighted by Gasteiger charge is 2.38. The Hall–Kier alpha value is -2.47. The van der Waals surface area contributed by atoms with E-state index in [1.165, 1.54) is 0 Å². The fraction of sp³-hybridized carbons (Fsp3) is 0.389. The molecule has 0 atom stereocenters. The number of benzene rings is 1. The summed E-state index contributed by atoms with van der Waals surface area (Å²) in [6, 6.07) is 9.27. The van der Waals surface area contributed by atoms with Crippen molar-refractivity contribution in [2.24, 2.45) is 11.1 Å². The number of amides is 2. The third-order valence-corrected chi connectivity index (χ3v) is 4.65. The fourth-order valence-corrected chi connectivity index (χ4v) is 3.11.